The Morgan fingerprint density at radius 2 is 2.39 bits per heavy atom. The lowest BCUT2D eigenvalue weighted by Gasteiger charge is -2.24. The first-order valence-electron chi connectivity index (χ1n) is 6.46. The van der Waals surface area contributed by atoms with Crippen LogP contribution in [0.25, 0.3) is 0 Å². The fraction of sp³-hybridized carbons (Fsp3) is 0.500. The van der Waals surface area contributed by atoms with Crippen LogP contribution in [-0.4, -0.2) is 40.9 Å². The second kappa shape index (κ2) is 4.86. The van der Waals surface area contributed by atoms with E-state index in [-0.39, 0.29) is 0 Å². The fourth-order valence-corrected chi connectivity index (χ4v) is 3.91. The molecule has 3 heterocycles. The highest BCUT2D eigenvalue weighted by Gasteiger charge is 2.45. The number of rotatable bonds is 4. The van der Waals surface area contributed by atoms with Crippen LogP contribution in [0.1, 0.15) is 17.7 Å². The normalized spacial score (nSPS) is 27.8. The molecule has 0 aromatic carbocycles. The van der Waals surface area contributed by atoms with Crippen molar-refractivity contribution < 1.29 is 4.79 Å². The van der Waals surface area contributed by atoms with E-state index in [1.807, 2.05) is 11.0 Å². The highest BCUT2D eigenvalue weighted by atomic mass is 32.1. The van der Waals surface area contributed by atoms with E-state index in [1.165, 1.54) is 4.88 Å². The third kappa shape index (κ3) is 1.99. The molecule has 4 heteroatoms. The molecular weight excluding hydrogens is 244 g/mol. The summed E-state index contributed by atoms with van der Waals surface area (Å²) in [6.07, 6.45) is 3.63. The lowest BCUT2D eigenvalue weighted by atomic mass is 10.1. The Balaban J connectivity index is 1.70. The van der Waals surface area contributed by atoms with Gasteiger partial charge in [-0.2, -0.15) is 0 Å². The Morgan fingerprint density at radius 3 is 3.11 bits per heavy atom. The number of carbonyl (C=O) groups is 1. The van der Waals surface area contributed by atoms with Gasteiger partial charge in [0.15, 0.2) is 0 Å². The van der Waals surface area contributed by atoms with Crippen molar-refractivity contribution in [2.75, 3.05) is 13.1 Å². The third-order valence-corrected chi connectivity index (χ3v) is 4.86. The first-order chi connectivity index (χ1) is 8.79. The van der Waals surface area contributed by atoms with Gasteiger partial charge >= 0.3 is 0 Å². The molecule has 1 amide bonds. The first kappa shape index (κ1) is 11.9. The van der Waals surface area contributed by atoms with Crippen molar-refractivity contribution in [2.45, 2.75) is 31.5 Å². The van der Waals surface area contributed by atoms with Crippen LogP contribution in [0, 0.1) is 0 Å². The Kier molecular flexibility index (Phi) is 3.22. The van der Waals surface area contributed by atoms with E-state index >= 15 is 0 Å². The van der Waals surface area contributed by atoms with Crippen molar-refractivity contribution in [3.8, 4) is 0 Å². The van der Waals surface area contributed by atoms with E-state index in [0.29, 0.717) is 31.0 Å². The average Bonchev–Trinajstić information content (AvgIpc) is 3.03. The van der Waals surface area contributed by atoms with Gasteiger partial charge < -0.3 is 4.90 Å². The summed E-state index contributed by atoms with van der Waals surface area (Å²) >= 11 is 1.80. The summed E-state index contributed by atoms with van der Waals surface area (Å²) in [6, 6.07) is 5.10. The van der Waals surface area contributed by atoms with Gasteiger partial charge in [-0.3, -0.25) is 9.69 Å². The number of hydrogen-bond acceptors (Lipinski definition) is 3. The summed E-state index contributed by atoms with van der Waals surface area (Å²) in [7, 11) is 0. The van der Waals surface area contributed by atoms with Crippen LogP contribution in [0.4, 0.5) is 0 Å². The minimum Gasteiger partial charge on any atom is -0.334 e. The largest absolute Gasteiger partial charge is 0.334 e. The summed E-state index contributed by atoms with van der Waals surface area (Å²) in [5.74, 6) is 0.292. The van der Waals surface area contributed by atoms with Crippen molar-refractivity contribution >= 4 is 17.2 Å². The molecule has 0 N–H and O–H groups in total. The van der Waals surface area contributed by atoms with E-state index in [4.69, 9.17) is 0 Å². The molecule has 1 aromatic heterocycles. The number of fused-ring (bicyclic) bond motifs is 1. The van der Waals surface area contributed by atoms with Crippen molar-refractivity contribution in [1.29, 1.82) is 0 Å². The van der Waals surface area contributed by atoms with Gasteiger partial charge in [-0.1, -0.05) is 12.1 Å². The van der Waals surface area contributed by atoms with Crippen molar-refractivity contribution in [3.05, 3.63) is 35.0 Å². The summed E-state index contributed by atoms with van der Waals surface area (Å²) in [4.78, 5) is 17.8. The van der Waals surface area contributed by atoms with Gasteiger partial charge in [0, 0.05) is 43.0 Å². The molecule has 2 saturated heterocycles. The molecular formula is C14H18N2OS. The molecule has 0 spiro atoms. The molecule has 0 bridgehead atoms. The lowest BCUT2D eigenvalue weighted by molar-refractivity contribution is -0.128. The summed E-state index contributed by atoms with van der Waals surface area (Å²) in [5, 5.41) is 2.12. The van der Waals surface area contributed by atoms with E-state index in [0.717, 1.165) is 19.5 Å². The molecule has 2 aliphatic heterocycles. The highest BCUT2D eigenvalue weighted by Crippen LogP contribution is 2.33. The van der Waals surface area contributed by atoms with E-state index in [1.54, 1.807) is 11.3 Å². The maximum Gasteiger partial charge on any atom is 0.224 e. The zero-order valence-corrected chi connectivity index (χ0v) is 11.2. The molecule has 18 heavy (non-hydrogen) atoms. The standard InChI is InChI=1S/C14H18N2OS/c1-2-6-16-12-5-7-15(13(12)9-14(16)17)10-11-4-3-8-18-11/h2-4,8,12-13H,1,5-7,9-10H2/t12-,13+/m1/s1. The summed E-state index contributed by atoms with van der Waals surface area (Å²) in [6.45, 7) is 6.55. The van der Waals surface area contributed by atoms with Crippen LogP contribution in [0.15, 0.2) is 30.2 Å². The topological polar surface area (TPSA) is 23.6 Å². The number of thiophene rings is 1. The predicted octanol–water partition coefficient (Wildman–Crippen LogP) is 2.11. The van der Waals surface area contributed by atoms with Gasteiger partial charge in [-0.05, 0) is 17.9 Å². The van der Waals surface area contributed by atoms with E-state index in [2.05, 4.69) is 29.0 Å². The fourth-order valence-electron chi connectivity index (χ4n) is 3.18. The lowest BCUT2D eigenvalue weighted by Crippen LogP contribution is -2.37. The van der Waals surface area contributed by atoms with Crippen molar-refractivity contribution in [3.63, 3.8) is 0 Å². The third-order valence-electron chi connectivity index (χ3n) is 3.99. The van der Waals surface area contributed by atoms with Crippen LogP contribution in [0.5, 0.6) is 0 Å². The van der Waals surface area contributed by atoms with Crippen LogP contribution < -0.4 is 0 Å². The summed E-state index contributed by atoms with van der Waals surface area (Å²) in [5.41, 5.74) is 0. The van der Waals surface area contributed by atoms with Gasteiger partial charge in [0.05, 0.1) is 0 Å². The second-order valence-corrected chi connectivity index (χ2v) is 6.04. The van der Waals surface area contributed by atoms with Gasteiger partial charge in [0.1, 0.15) is 0 Å². The number of carbonyl (C=O) groups excluding carboxylic acids is 1. The van der Waals surface area contributed by atoms with Crippen LogP contribution >= 0.6 is 11.3 Å². The SMILES string of the molecule is C=CCN1C(=O)C[C@H]2[C@H]1CCN2Cc1cccs1. The zero-order chi connectivity index (χ0) is 12.5. The molecule has 3 nitrogen and oxygen atoms in total. The van der Waals surface area contributed by atoms with Crippen LogP contribution in [0.2, 0.25) is 0 Å². The second-order valence-electron chi connectivity index (χ2n) is 5.01. The number of likely N-dealkylation sites (tertiary alicyclic amines) is 2. The Morgan fingerprint density at radius 1 is 1.50 bits per heavy atom. The smallest absolute Gasteiger partial charge is 0.224 e. The number of nitrogens with zero attached hydrogens (tertiary/aromatic N) is 2. The quantitative estimate of drug-likeness (QED) is 0.776. The molecule has 0 unspecified atom stereocenters. The van der Waals surface area contributed by atoms with Crippen molar-refractivity contribution in [1.82, 2.24) is 9.80 Å². The molecule has 3 rings (SSSR count). The molecule has 1 aromatic rings. The molecule has 2 fully saturated rings. The number of amides is 1. The molecule has 0 saturated carbocycles. The molecule has 0 aliphatic carbocycles. The van der Waals surface area contributed by atoms with Gasteiger partial charge in [0.2, 0.25) is 5.91 Å². The maximum absolute atomic E-state index is 12.0. The summed E-state index contributed by atoms with van der Waals surface area (Å²) < 4.78 is 0. The van der Waals surface area contributed by atoms with Crippen molar-refractivity contribution in [2.24, 2.45) is 0 Å². The zero-order valence-electron chi connectivity index (χ0n) is 10.4. The molecule has 2 atom stereocenters. The Bertz CT molecular complexity index is 443. The Hall–Kier alpha value is -1.13. The Labute approximate surface area is 112 Å². The van der Waals surface area contributed by atoms with Gasteiger partial charge in [-0.15, -0.1) is 17.9 Å². The van der Waals surface area contributed by atoms with Gasteiger partial charge in [-0.25, -0.2) is 0 Å². The van der Waals surface area contributed by atoms with Crippen LogP contribution in [0.3, 0.4) is 0 Å². The van der Waals surface area contributed by atoms with E-state index in [9.17, 15) is 4.79 Å². The predicted molar refractivity (Wildman–Crippen MR) is 73.4 cm³/mol. The molecule has 2 aliphatic rings. The van der Waals surface area contributed by atoms with E-state index < -0.39 is 0 Å². The molecule has 96 valence electrons. The van der Waals surface area contributed by atoms with Crippen LogP contribution in [-0.2, 0) is 11.3 Å². The maximum atomic E-state index is 12.0. The minimum atomic E-state index is 0.292. The first-order valence-corrected chi connectivity index (χ1v) is 7.34. The highest BCUT2D eigenvalue weighted by molar-refractivity contribution is 7.09. The average molecular weight is 262 g/mol. The molecule has 0 radical (unpaired) electrons. The number of hydrogen-bond donors (Lipinski definition) is 0. The monoisotopic (exact) mass is 262 g/mol. The minimum absolute atomic E-state index is 0.292. The van der Waals surface area contributed by atoms with Gasteiger partial charge in [0.25, 0.3) is 0 Å².